The van der Waals surface area contributed by atoms with Crippen molar-refractivity contribution in [3.63, 3.8) is 0 Å². The molecule has 2 aliphatic heterocycles. The van der Waals surface area contributed by atoms with Gasteiger partial charge in [-0.15, -0.1) is 0 Å². The number of ether oxygens (including phenoxy) is 1. The molecule has 0 radical (unpaired) electrons. The van der Waals surface area contributed by atoms with Crippen LogP contribution in [0, 0.1) is 0 Å². The van der Waals surface area contributed by atoms with E-state index in [0.717, 1.165) is 0 Å². The second-order valence-electron chi connectivity index (χ2n) is 7.03. The predicted molar refractivity (Wildman–Crippen MR) is 104 cm³/mol. The summed E-state index contributed by atoms with van der Waals surface area (Å²) in [5, 5.41) is 63.1. The Morgan fingerprint density at radius 3 is 2.45 bits per heavy atom. The Hall–Kier alpha value is -2.37. The number of carbonyl (C=O) groups is 1. The van der Waals surface area contributed by atoms with Crippen molar-refractivity contribution in [3.05, 3.63) is 10.4 Å². The Bertz CT molecular complexity index is 809. The quantitative estimate of drug-likeness (QED) is 0.184. The second-order valence-corrected chi connectivity index (χ2v) is 7.03. The Balaban J connectivity index is 0.000000291. The molecule has 10 N–H and O–H groups in total. The van der Waals surface area contributed by atoms with Gasteiger partial charge in [0.15, 0.2) is 18.3 Å². The number of nitrogens with one attached hydrogen (secondary N) is 1. The summed E-state index contributed by atoms with van der Waals surface area (Å²) in [6.07, 6.45) is -8.89. The number of H-pyrrole nitrogens is 1. The molecule has 1 fully saturated rings. The molecule has 0 aromatic carbocycles. The molecule has 3 heterocycles. The summed E-state index contributed by atoms with van der Waals surface area (Å²) in [6, 6.07) is 0. The Labute approximate surface area is 175 Å². The van der Waals surface area contributed by atoms with Gasteiger partial charge >= 0.3 is 0 Å². The third-order valence-corrected chi connectivity index (χ3v) is 4.81. The van der Waals surface area contributed by atoms with Gasteiger partial charge in [0.25, 0.3) is 5.56 Å². The number of hydrogen-bond donors (Lipinski definition) is 9. The van der Waals surface area contributed by atoms with E-state index < -0.39 is 61.6 Å². The molecule has 176 valence electrons. The van der Waals surface area contributed by atoms with Crippen molar-refractivity contribution in [2.75, 3.05) is 42.5 Å². The van der Waals surface area contributed by atoms with Crippen LogP contribution < -0.4 is 21.1 Å². The second kappa shape index (κ2) is 10.3. The minimum absolute atomic E-state index is 0.0502. The van der Waals surface area contributed by atoms with Crippen LogP contribution in [0.5, 0.6) is 0 Å². The molecule has 0 spiro atoms. The smallest absolute Gasteiger partial charge is 0.278 e. The minimum atomic E-state index is -1.64. The normalized spacial score (nSPS) is 27.9. The van der Waals surface area contributed by atoms with Crippen molar-refractivity contribution in [2.45, 2.75) is 42.9 Å². The third-order valence-electron chi connectivity index (χ3n) is 4.81. The third kappa shape index (κ3) is 5.10. The maximum absolute atomic E-state index is 11.9. The highest BCUT2D eigenvalue weighted by atomic mass is 16.6. The molecule has 3 rings (SSSR count). The summed E-state index contributed by atoms with van der Waals surface area (Å²) in [5.41, 5.74) is 5.46. The van der Waals surface area contributed by atoms with Crippen molar-refractivity contribution in [2.24, 2.45) is 0 Å². The molecule has 7 atom stereocenters. The van der Waals surface area contributed by atoms with Crippen LogP contribution >= 0.6 is 0 Å². The van der Waals surface area contributed by atoms with Crippen molar-refractivity contribution in [1.29, 1.82) is 0 Å². The summed E-state index contributed by atoms with van der Waals surface area (Å²) < 4.78 is 5.46. The van der Waals surface area contributed by atoms with E-state index in [1.165, 1.54) is 4.90 Å². The highest BCUT2D eigenvalue weighted by molar-refractivity contribution is 5.72. The van der Waals surface area contributed by atoms with Crippen LogP contribution in [0.1, 0.15) is 0 Å². The Morgan fingerprint density at radius 1 is 1.29 bits per heavy atom. The van der Waals surface area contributed by atoms with Gasteiger partial charge in [0, 0.05) is 7.05 Å². The van der Waals surface area contributed by atoms with Crippen molar-refractivity contribution >= 4 is 23.7 Å². The van der Waals surface area contributed by atoms with Crippen LogP contribution in [0.3, 0.4) is 0 Å². The SMILES string of the molecule is CN1CN([C@@H]2O[C@H](CO)[C@@H](O)[C@H]2O)c2nc(N)[nH]c(=O)c21.O=C[C@H](O)[C@H](O)[C@H](O)CO. The van der Waals surface area contributed by atoms with Crippen LogP contribution in [0.2, 0.25) is 0 Å². The minimum Gasteiger partial charge on any atom is -0.394 e. The van der Waals surface area contributed by atoms with Crippen LogP contribution in [0.4, 0.5) is 17.5 Å². The molecular weight excluding hydrogens is 422 g/mol. The van der Waals surface area contributed by atoms with E-state index in [4.69, 9.17) is 36.0 Å². The highest BCUT2D eigenvalue weighted by Gasteiger charge is 2.48. The number of nitrogens with zero attached hydrogens (tertiary/aromatic N) is 3. The standard InChI is InChI=1S/C11H17N5O5.C5H10O5/c1-15-3-16(8-5(15)9(20)14-11(12)13-8)10-7(19)6(18)4(2-17)21-10;6-1-3(8)5(10)4(9)2-7/h4,6-7,10,17-19H,2-3H2,1H3,(H3,12,13,14,20);1,3-5,7-10H,2H2/t4-,6-,7-,10-;3-,4+,5-/m10/s1. The van der Waals surface area contributed by atoms with Crippen molar-refractivity contribution in [1.82, 2.24) is 9.97 Å². The van der Waals surface area contributed by atoms with Gasteiger partial charge in [0.1, 0.15) is 42.3 Å². The van der Waals surface area contributed by atoms with E-state index in [9.17, 15) is 19.8 Å². The van der Waals surface area contributed by atoms with Gasteiger partial charge in [0.2, 0.25) is 5.95 Å². The zero-order valence-electron chi connectivity index (χ0n) is 16.5. The summed E-state index contributed by atoms with van der Waals surface area (Å²) in [7, 11) is 1.69. The first-order chi connectivity index (χ1) is 14.6. The number of nitrogen functional groups attached to an aromatic ring is 1. The molecule has 31 heavy (non-hydrogen) atoms. The van der Waals surface area contributed by atoms with Gasteiger partial charge in [-0.2, -0.15) is 4.98 Å². The van der Waals surface area contributed by atoms with Gasteiger partial charge in [-0.3, -0.25) is 9.78 Å². The van der Waals surface area contributed by atoms with Gasteiger partial charge < -0.3 is 60.8 Å². The van der Waals surface area contributed by atoms with Crippen LogP contribution in [-0.4, -0.2) is 122 Å². The molecule has 2 aliphatic rings. The number of aromatic nitrogens is 2. The summed E-state index contributed by atoms with van der Waals surface area (Å²) >= 11 is 0. The van der Waals surface area contributed by atoms with E-state index in [-0.39, 0.29) is 24.7 Å². The zero-order chi connectivity index (χ0) is 23.5. The van der Waals surface area contributed by atoms with Crippen molar-refractivity contribution in [3.8, 4) is 0 Å². The lowest BCUT2D eigenvalue weighted by Gasteiger charge is -2.27. The number of aliphatic hydroxyl groups is 7. The van der Waals surface area contributed by atoms with Crippen molar-refractivity contribution < 1.29 is 45.3 Å². The molecule has 0 saturated carbocycles. The fourth-order valence-corrected chi connectivity index (χ4v) is 3.14. The van der Waals surface area contributed by atoms with Gasteiger partial charge in [-0.05, 0) is 0 Å². The Morgan fingerprint density at radius 2 is 1.94 bits per heavy atom. The molecule has 0 unspecified atom stereocenters. The first kappa shape index (κ1) is 24.9. The summed E-state index contributed by atoms with van der Waals surface area (Å²) in [6.45, 7) is -0.871. The van der Waals surface area contributed by atoms with E-state index in [0.29, 0.717) is 5.69 Å². The zero-order valence-corrected chi connectivity index (χ0v) is 16.5. The lowest BCUT2D eigenvalue weighted by atomic mass is 10.1. The molecule has 15 nitrogen and oxygen atoms in total. The van der Waals surface area contributed by atoms with E-state index in [1.807, 2.05) is 0 Å². The number of nitrogens with two attached hydrogens (primary N) is 1. The number of rotatable bonds is 6. The van der Waals surface area contributed by atoms with Gasteiger partial charge in [-0.1, -0.05) is 0 Å². The molecule has 1 aromatic heterocycles. The first-order valence-electron chi connectivity index (χ1n) is 9.17. The van der Waals surface area contributed by atoms with E-state index in [2.05, 4.69) is 9.97 Å². The number of hydrogen-bond acceptors (Lipinski definition) is 14. The fraction of sp³-hybridized carbons (Fsp3) is 0.688. The average molecular weight is 449 g/mol. The maximum atomic E-state index is 11.9. The summed E-state index contributed by atoms with van der Waals surface area (Å²) in [5.74, 6) is 0.222. The van der Waals surface area contributed by atoms with E-state index in [1.54, 1.807) is 11.9 Å². The first-order valence-corrected chi connectivity index (χ1v) is 9.17. The number of aromatic amines is 1. The number of carbonyl (C=O) groups excluding carboxylic acids is 1. The largest absolute Gasteiger partial charge is 0.394 e. The van der Waals surface area contributed by atoms with Crippen LogP contribution in [0.15, 0.2) is 4.79 Å². The molecule has 1 aromatic rings. The maximum Gasteiger partial charge on any atom is 0.278 e. The molecular formula is C16H27N5O10. The lowest BCUT2D eigenvalue weighted by molar-refractivity contribution is -0.127. The fourth-order valence-electron chi connectivity index (χ4n) is 3.14. The summed E-state index contributed by atoms with van der Waals surface area (Å²) in [4.78, 5) is 31.3. The number of fused-ring (bicyclic) bond motifs is 1. The Kier molecular flexibility index (Phi) is 8.27. The lowest BCUT2D eigenvalue weighted by Crippen LogP contribution is -2.45. The molecule has 0 aliphatic carbocycles. The molecule has 0 bridgehead atoms. The topological polar surface area (TPSA) is 246 Å². The number of aliphatic hydroxyl groups excluding tert-OH is 7. The number of aldehydes is 1. The van der Waals surface area contributed by atoms with Gasteiger partial charge in [0.05, 0.1) is 19.9 Å². The number of anilines is 3. The monoisotopic (exact) mass is 449 g/mol. The average Bonchev–Trinajstić information content (AvgIpc) is 3.22. The van der Waals surface area contributed by atoms with Crippen LogP contribution in [-0.2, 0) is 9.53 Å². The molecule has 15 heteroatoms. The highest BCUT2D eigenvalue weighted by Crippen LogP contribution is 2.35. The molecule has 1 saturated heterocycles. The predicted octanol–water partition coefficient (Wildman–Crippen LogP) is -5.73. The van der Waals surface area contributed by atoms with E-state index >= 15 is 0 Å². The van der Waals surface area contributed by atoms with Gasteiger partial charge in [-0.25, -0.2) is 0 Å². The van der Waals surface area contributed by atoms with Crippen LogP contribution in [0.25, 0.3) is 0 Å². The molecule has 0 amide bonds.